The van der Waals surface area contributed by atoms with Crippen LogP contribution in [-0.4, -0.2) is 16.1 Å². The fourth-order valence-electron chi connectivity index (χ4n) is 2.28. The predicted molar refractivity (Wildman–Crippen MR) is 92.9 cm³/mol. The SMILES string of the molecule is NNC(=O)c1cc2c(N)cnnc2c(F)c1Nc1ccc(Br)cc1F. The molecule has 6 N–H and O–H groups in total. The number of aromatic nitrogens is 2. The van der Waals surface area contributed by atoms with Crippen molar-refractivity contribution in [3.63, 3.8) is 0 Å². The number of nitrogens with one attached hydrogen (secondary N) is 2. The molecular formula is C15H11BrF2N6O. The standard InChI is InChI=1S/C15H11BrF2N6O/c16-6-1-2-11(9(17)3-6)22-13-8(15(25)23-20)4-7-10(19)5-21-24-14(7)12(13)18/h1-5,22H,20H2,(H2,19,24)(H,23,25). The van der Waals surface area contributed by atoms with Gasteiger partial charge in [-0.3, -0.25) is 10.2 Å². The Morgan fingerprint density at radius 2 is 2.00 bits per heavy atom. The first-order chi connectivity index (χ1) is 11.9. The first-order valence-corrected chi connectivity index (χ1v) is 7.68. The van der Waals surface area contributed by atoms with E-state index >= 15 is 0 Å². The third kappa shape index (κ3) is 3.08. The number of nitrogen functional groups attached to an aromatic ring is 2. The summed E-state index contributed by atoms with van der Waals surface area (Å²) in [5.74, 6) is 2.83. The first-order valence-electron chi connectivity index (χ1n) is 6.88. The van der Waals surface area contributed by atoms with Gasteiger partial charge in [0.25, 0.3) is 5.91 Å². The maximum atomic E-state index is 14.9. The molecule has 0 fully saturated rings. The van der Waals surface area contributed by atoms with Crippen LogP contribution in [-0.2, 0) is 0 Å². The Hall–Kier alpha value is -2.85. The van der Waals surface area contributed by atoms with E-state index < -0.39 is 17.5 Å². The van der Waals surface area contributed by atoms with E-state index in [1.54, 1.807) is 6.07 Å². The molecule has 2 aromatic carbocycles. The van der Waals surface area contributed by atoms with Crippen LogP contribution in [0.3, 0.4) is 0 Å². The normalized spacial score (nSPS) is 10.7. The zero-order valence-electron chi connectivity index (χ0n) is 12.5. The molecule has 0 bridgehead atoms. The van der Waals surface area contributed by atoms with Gasteiger partial charge in [0.05, 0.1) is 28.8 Å². The van der Waals surface area contributed by atoms with Crippen LogP contribution in [0.25, 0.3) is 10.9 Å². The van der Waals surface area contributed by atoms with Crippen molar-refractivity contribution >= 4 is 49.8 Å². The minimum atomic E-state index is -0.904. The Labute approximate surface area is 148 Å². The van der Waals surface area contributed by atoms with E-state index in [0.29, 0.717) is 4.47 Å². The number of halogens is 3. The molecule has 7 nitrogen and oxygen atoms in total. The van der Waals surface area contributed by atoms with E-state index in [9.17, 15) is 13.6 Å². The minimum absolute atomic E-state index is 0.0376. The van der Waals surface area contributed by atoms with Gasteiger partial charge in [0.2, 0.25) is 0 Å². The summed E-state index contributed by atoms with van der Waals surface area (Å²) in [7, 11) is 0. The summed E-state index contributed by atoms with van der Waals surface area (Å²) in [4.78, 5) is 12.0. The molecule has 1 aromatic heterocycles. The van der Waals surface area contributed by atoms with Gasteiger partial charge < -0.3 is 11.1 Å². The smallest absolute Gasteiger partial charge is 0.267 e. The second kappa shape index (κ2) is 6.57. The number of rotatable bonds is 3. The Bertz CT molecular complexity index is 997. The van der Waals surface area contributed by atoms with Gasteiger partial charge in [0.15, 0.2) is 5.82 Å². The highest BCUT2D eigenvalue weighted by atomic mass is 79.9. The molecule has 128 valence electrons. The molecule has 0 aliphatic carbocycles. The van der Waals surface area contributed by atoms with Gasteiger partial charge in [-0.25, -0.2) is 14.6 Å². The topological polar surface area (TPSA) is 119 Å². The van der Waals surface area contributed by atoms with Crippen molar-refractivity contribution in [3.05, 3.63) is 52.1 Å². The lowest BCUT2D eigenvalue weighted by Crippen LogP contribution is -2.30. The van der Waals surface area contributed by atoms with E-state index in [-0.39, 0.29) is 33.5 Å². The molecule has 0 radical (unpaired) electrons. The number of hydrogen-bond acceptors (Lipinski definition) is 6. The molecule has 0 aliphatic heterocycles. The molecular weight excluding hydrogens is 398 g/mol. The number of hydrogen-bond donors (Lipinski definition) is 4. The third-order valence-electron chi connectivity index (χ3n) is 3.47. The molecule has 25 heavy (non-hydrogen) atoms. The summed E-state index contributed by atoms with van der Waals surface area (Å²) in [6.07, 6.45) is 1.23. The molecule has 0 saturated heterocycles. The molecule has 0 atom stereocenters. The van der Waals surface area contributed by atoms with E-state index in [1.807, 2.05) is 5.43 Å². The summed E-state index contributed by atoms with van der Waals surface area (Å²) in [6.45, 7) is 0. The largest absolute Gasteiger partial charge is 0.397 e. The third-order valence-corrected chi connectivity index (χ3v) is 3.97. The molecule has 10 heteroatoms. The highest BCUT2D eigenvalue weighted by Crippen LogP contribution is 2.33. The molecule has 0 saturated carbocycles. The molecule has 0 spiro atoms. The number of carbonyl (C=O) groups is 1. The Balaban J connectivity index is 2.24. The van der Waals surface area contributed by atoms with Crippen molar-refractivity contribution in [1.29, 1.82) is 0 Å². The summed E-state index contributed by atoms with van der Waals surface area (Å²) >= 11 is 3.13. The number of amides is 1. The Morgan fingerprint density at radius 1 is 1.24 bits per heavy atom. The van der Waals surface area contributed by atoms with Crippen LogP contribution in [0.1, 0.15) is 10.4 Å². The lowest BCUT2D eigenvalue weighted by atomic mass is 10.1. The maximum Gasteiger partial charge on any atom is 0.267 e. The molecule has 0 aliphatic rings. The second-order valence-electron chi connectivity index (χ2n) is 5.03. The van der Waals surface area contributed by atoms with Crippen LogP contribution < -0.4 is 22.3 Å². The van der Waals surface area contributed by atoms with Gasteiger partial charge >= 0.3 is 0 Å². The van der Waals surface area contributed by atoms with Gasteiger partial charge in [-0.2, -0.15) is 5.10 Å². The van der Waals surface area contributed by atoms with Crippen LogP contribution in [0, 0.1) is 11.6 Å². The number of fused-ring (bicyclic) bond motifs is 1. The molecule has 0 unspecified atom stereocenters. The number of carbonyl (C=O) groups excluding carboxylic acids is 1. The van der Waals surface area contributed by atoms with E-state index in [2.05, 4.69) is 31.4 Å². The second-order valence-corrected chi connectivity index (χ2v) is 5.95. The lowest BCUT2D eigenvalue weighted by Gasteiger charge is -2.15. The van der Waals surface area contributed by atoms with Crippen LogP contribution >= 0.6 is 15.9 Å². The highest BCUT2D eigenvalue weighted by Gasteiger charge is 2.21. The van der Waals surface area contributed by atoms with Crippen molar-refractivity contribution in [2.75, 3.05) is 11.1 Å². The van der Waals surface area contributed by atoms with Gasteiger partial charge in [0, 0.05) is 9.86 Å². The number of anilines is 3. The Morgan fingerprint density at radius 3 is 2.68 bits per heavy atom. The van der Waals surface area contributed by atoms with Crippen LogP contribution in [0.5, 0.6) is 0 Å². The van der Waals surface area contributed by atoms with Crippen molar-refractivity contribution < 1.29 is 13.6 Å². The summed E-state index contributed by atoms with van der Waals surface area (Å²) in [5, 5.41) is 10.0. The quantitative estimate of drug-likeness (QED) is 0.300. The predicted octanol–water partition coefficient (Wildman–Crippen LogP) is 2.60. The van der Waals surface area contributed by atoms with E-state index in [1.165, 1.54) is 24.4 Å². The summed E-state index contributed by atoms with van der Waals surface area (Å²) in [6, 6.07) is 5.45. The lowest BCUT2D eigenvalue weighted by molar-refractivity contribution is 0.0954. The molecule has 3 aromatic rings. The zero-order valence-corrected chi connectivity index (χ0v) is 14.1. The average Bonchev–Trinajstić information content (AvgIpc) is 2.59. The van der Waals surface area contributed by atoms with Crippen LogP contribution in [0.2, 0.25) is 0 Å². The van der Waals surface area contributed by atoms with Crippen molar-refractivity contribution in [2.45, 2.75) is 0 Å². The van der Waals surface area contributed by atoms with Crippen molar-refractivity contribution in [1.82, 2.24) is 15.6 Å². The minimum Gasteiger partial charge on any atom is -0.397 e. The van der Waals surface area contributed by atoms with E-state index in [4.69, 9.17) is 11.6 Å². The maximum absolute atomic E-state index is 14.9. The monoisotopic (exact) mass is 408 g/mol. The number of nitrogens with zero attached hydrogens (tertiary/aromatic N) is 2. The van der Waals surface area contributed by atoms with Gasteiger partial charge in [0.1, 0.15) is 11.3 Å². The zero-order chi connectivity index (χ0) is 18.1. The highest BCUT2D eigenvalue weighted by molar-refractivity contribution is 9.10. The molecule has 1 heterocycles. The van der Waals surface area contributed by atoms with Gasteiger partial charge in [-0.1, -0.05) is 15.9 Å². The number of hydrazine groups is 1. The van der Waals surface area contributed by atoms with E-state index in [0.717, 1.165) is 0 Å². The summed E-state index contributed by atoms with van der Waals surface area (Å²) < 4.78 is 29.5. The fraction of sp³-hybridized carbons (Fsp3) is 0. The fourth-order valence-corrected chi connectivity index (χ4v) is 2.61. The van der Waals surface area contributed by atoms with Gasteiger partial charge in [-0.15, -0.1) is 5.10 Å². The van der Waals surface area contributed by atoms with Crippen LogP contribution in [0.15, 0.2) is 34.9 Å². The molecule has 1 amide bonds. The molecule has 3 rings (SSSR count). The number of benzene rings is 2. The van der Waals surface area contributed by atoms with Crippen molar-refractivity contribution in [2.24, 2.45) is 5.84 Å². The Kier molecular flexibility index (Phi) is 4.47. The van der Waals surface area contributed by atoms with Crippen LogP contribution in [0.4, 0.5) is 25.8 Å². The number of nitrogens with two attached hydrogens (primary N) is 2. The first kappa shape index (κ1) is 17.0. The average molecular weight is 409 g/mol. The van der Waals surface area contributed by atoms with Crippen molar-refractivity contribution in [3.8, 4) is 0 Å². The van der Waals surface area contributed by atoms with Gasteiger partial charge in [-0.05, 0) is 24.3 Å². The summed E-state index contributed by atoms with van der Waals surface area (Å²) in [5.41, 5.74) is 7.17.